The number of carbonyl (C=O) groups excluding carboxylic acids is 2. The molecular weight excluding hydrogens is 252 g/mol. The number of amides is 2. The second kappa shape index (κ2) is 17.9. The van der Waals surface area contributed by atoms with Gasteiger partial charge in [-0.2, -0.15) is 0 Å². The van der Waals surface area contributed by atoms with Crippen LogP contribution < -0.4 is 10.6 Å². The molecule has 0 unspecified atom stereocenters. The lowest BCUT2D eigenvalue weighted by Crippen LogP contribution is -2.24. The summed E-state index contributed by atoms with van der Waals surface area (Å²) in [5, 5.41) is 5.76. The van der Waals surface area contributed by atoms with Crippen LogP contribution in [0, 0.1) is 0 Å². The third-order valence-corrected chi connectivity index (χ3v) is 2.83. The van der Waals surface area contributed by atoms with Crippen molar-refractivity contribution in [2.24, 2.45) is 0 Å². The van der Waals surface area contributed by atoms with Crippen molar-refractivity contribution in [3.63, 3.8) is 0 Å². The molecule has 4 heteroatoms. The number of carbonyl (C=O) groups is 2. The van der Waals surface area contributed by atoms with E-state index in [-0.39, 0.29) is 11.8 Å². The molecule has 0 bridgehead atoms. The summed E-state index contributed by atoms with van der Waals surface area (Å²) in [6.07, 6.45) is 7.43. The smallest absolute Gasteiger partial charge is 0.219 e. The molecule has 0 aromatic carbocycles. The monoisotopic (exact) mass is 286 g/mol. The SMILES string of the molecule is CC.CCCCCNC(=O)CCCCCNC(=O)CC. The van der Waals surface area contributed by atoms with Crippen LogP contribution in [0.1, 0.15) is 79.1 Å². The Morgan fingerprint density at radius 3 is 1.85 bits per heavy atom. The van der Waals surface area contributed by atoms with E-state index in [2.05, 4.69) is 17.6 Å². The molecule has 0 atom stereocenters. The highest BCUT2D eigenvalue weighted by molar-refractivity contribution is 5.76. The Labute approximate surface area is 125 Å². The van der Waals surface area contributed by atoms with Crippen LogP contribution in [0.3, 0.4) is 0 Å². The molecule has 0 aromatic rings. The van der Waals surface area contributed by atoms with Gasteiger partial charge in [-0.05, 0) is 19.3 Å². The van der Waals surface area contributed by atoms with Crippen LogP contribution in [0.4, 0.5) is 0 Å². The molecule has 0 radical (unpaired) electrons. The molecule has 0 aliphatic rings. The van der Waals surface area contributed by atoms with E-state index in [0.717, 1.165) is 38.8 Å². The van der Waals surface area contributed by atoms with Gasteiger partial charge in [0.1, 0.15) is 0 Å². The van der Waals surface area contributed by atoms with Crippen LogP contribution in [0.2, 0.25) is 0 Å². The summed E-state index contributed by atoms with van der Waals surface area (Å²) < 4.78 is 0. The van der Waals surface area contributed by atoms with E-state index in [4.69, 9.17) is 0 Å². The van der Waals surface area contributed by atoms with Crippen LogP contribution in [0.15, 0.2) is 0 Å². The zero-order valence-electron chi connectivity index (χ0n) is 13.9. The molecular formula is C16H34N2O2. The molecule has 0 fully saturated rings. The summed E-state index contributed by atoms with van der Waals surface area (Å²) in [4.78, 5) is 22.4. The van der Waals surface area contributed by atoms with Crippen molar-refractivity contribution in [2.45, 2.75) is 79.1 Å². The van der Waals surface area contributed by atoms with E-state index in [1.807, 2.05) is 20.8 Å². The number of hydrogen-bond donors (Lipinski definition) is 2. The standard InChI is InChI=1S/C14H28N2O2.C2H6/c1-3-5-8-11-16-14(18)10-7-6-9-12-15-13(17)4-2;1-2/h3-12H2,1-2H3,(H,15,17)(H,16,18);1-2H3. The first-order valence-corrected chi connectivity index (χ1v) is 8.24. The van der Waals surface area contributed by atoms with Crippen LogP contribution in [-0.2, 0) is 9.59 Å². The Bertz CT molecular complexity index is 231. The first kappa shape index (κ1) is 21.2. The first-order chi connectivity index (χ1) is 9.70. The van der Waals surface area contributed by atoms with Gasteiger partial charge in [0, 0.05) is 25.9 Å². The Morgan fingerprint density at radius 1 is 0.750 bits per heavy atom. The molecule has 0 rings (SSSR count). The van der Waals surface area contributed by atoms with Crippen LogP contribution in [0.5, 0.6) is 0 Å². The normalized spacial score (nSPS) is 9.40. The molecule has 2 amide bonds. The van der Waals surface area contributed by atoms with E-state index in [1.165, 1.54) is 12.8 Å². The summed E-state index contributed by atoms with van der Waals surface area (Å²) in [7, 11) is 0. The van der Waals surface area contributed by atoms with Crippen LogP contribution in [0.25, 0.3) is 0 Å². The lowest BCUT2D eigenvalue weighted by Gasteiger charge is -2.05. The largest absolute Gasteiger partial charge is 0.356 e. The second-order valence-electron chi connectivity index (χ2n) is 4.57. The molecule has 0 spiro atoms. The summed E-state index contributed by atoms with van der Waals surface area (Å²) in [6.45, 7) is 9.53. The molecule has 0 saturated heterocycles. The lowest BCUT2D eigenvalue weighted by molar-refractivity contribution is -0.122. The van der Waals surface area contributed by atoms with Crippen molar-refractivity contribution >= 4 is 11.8 Å². The van der Waals surface area contributed by atoms with Crippen molar-refractivity contribution in [3.05, 3.63) is 0 Å². The van der Waals surface area contributed by atoms with Gasteiger partial charge in [-0.3, -0.25) is 9.59 Å². The van der Waals surface area contributed by atoms with E-state index >= 15 is 0 Å². The minimum atomic E-state index is 0.101. The minimum Gasteiger partial charge on any atom is -0.356 e. The van der Waals surface area contributed by atoms with Crippen molar-refractivity contribution in [1.29, 1.82) is 0 Å². The predicted molar refractivity (Wildman–Crippen MR) is 85.7 cm³/mol. The fourth-order valence-electron chi connectivity index (χ4n) is 1.63. The summed E-state index contributed by atoms with van der Waals surface area (Å²) in [6, 6.07) is 0. The molecule has 0 heterocycles. The zero-order valence-corrected chi connectivity index (χ0v) is 13.9. The van der Waals surface area contributed by atoms with E-state index in [9.17, 15) is 9.59 Å². The van der Waals surface area contributed by atoms with Gasteiger partial charge in [0.2, 0.25) is 11.8 Å². The topological polar surface area (TPSA) is 58.2 Å². The van der Waals surface area contributed by atoms with Crippen molar-refractivity contribution in [2.75, 3.05) is 13.1 Å². The highest BCUT2D eigenvalue weighted by atomic mass is 16.2. The van der Waals surface area contributed by atoms with Gasteiger partial charge in [0.25, 0.3) is 0 Å². The van der Waals surface area contributed by atoms with Gasteiger partial charge in [0.05, 0.1) is 0 Å². The molecule has 20 heavy (non-hydrogen) atoms. The second-order valence-corrected chi connectivity index (χ2v) is 4.57. The number of unbranched alkanes of at least 4 members (excludes halogenated alkanes) is 4. The molecule has 4 nitrogen and oxygen atoms in total. The van der Waals surface area contributed by atoms with Crippen molar-refractivity contribution in [3.8, 4) is 0 Å². The fourth-order valence-corrected chi connectivity index (χ4v) is 1.63. The maximum absolute atomic E-state index is 11.4. The molecule has 120 valence electrons. The highest BCUT2D eigenvalue weighted by Crippen LogP contribution is 1.99. The minimum absolute atomic E-state index is 0.101. The lowest BCUT2D eigenvalue weighted by atomic mass is 10.2. The molecule has 0 saturated carbocycles. The average molecular weight is 286 g/mol. The average Bonchev–Trinajstić information content (AvgIpc) is 2.49. The summed E-state index contributed by atoms with van der Waals surface area (Å²) >= 11 is 0. The van der Waals surface area contributed by atoms with Crippen LogP contribution in [-0.4, -0.2) is 24.9 Å². The number of rotatable bonds is 11. The molecule has 0 aromatic heterocycles. The van der Waals surface area contributed by atoms with Gasteiger partial charge < -0.3 is 10.6 Å². The maximum Gasteiger partial charge on any atom is 0.219 e. The Balaban J connectivity index is 0. The zero-order chi connectivity index (χ0) is 15.6. The highest BCUT2D eigenvalue weighted by Gasteiger charge is 2.00. The quantitative estimate of drug-likeness (QED) is 0.572. The molecule has 0 aliphatic heterocycles. The van der Waals surface area contributed by atoms with Gasteiger partial charge >= 0.3 is 0 Å². The number of nitrogens with one attached hydrogen (secondary N) is 2. The van der Waals surface area contributed by atoms with E-state index < -0.39 is 0 Å². The summed E-state index contributed by atoms with van der Waals surface area (Å²) in [5.74, 6) is 0.257. The molecule has 2 N–H and O–H groups in total. The van der Waals surface area contributed by atoms with E-state index in [0.29, 0.717) is 12.8 Å². The maximum atomic E-state index is 11.4. The first-order valence-electron chi connectivity index (χ1n) is 8.24. The Hall–Kier alpha value is -1.06. The Morgan fingerprint density at radius 2 is 1.30 bits per heavy atom. The van der Waals surface area contributed by atoms with Crippen molar-refractivity contribution in [1.82, 2.24) is 10.6 Å². The predicted octanol–water partition coefficient (Wildman–Crippen LogP) is 3.41. The fraction of sp³-hybridized carbons (Fsp3) is 0.875. The Kier molecular flexibility index (Phi) is 19.1. The number of hydrogen-bond acceptors (Lipinski definition) is 2. The molecule has 0 aliphatic carbocycles. The van der Waals surface area contributed by atoms with Gasteiger partial charge in [-0.25, -0.2) is 0 Å². The van der Waals surface area contributed by atoms with Gasteiger partial charge in [-0.15, -0.1) is 0 Å². The van der Waals surface area contributed by atoms with E-state index in [1.54, 1.807) is 0 Å². The van der Waals surface area contributed by atoms with Gasteiger partial charge in [-0.1, -0.05) is 47.0 Å². The van der Waals surface area contributed by atoms with Crippen molar-refractivity contribution < 1.29 is 9.59 Å². The third-order valence-electron chi connectivity index (χ3n) is 2.83. The van der Waals surface area contributed by atoms with Crippen LogP contribution >= 0.6 is 0 Å². The third kappa shape index (κ3) is 16.9. The summed E-state index contributed by atoms with van der Waals surface area (Å²) in [5.41, 5.74) is 0. The van der Waals surface area contributed by atoms with Gasteiger partial charge in [0.15, 0.2) is 0 Å².